The van der Waals surface area contributed by atoms with Crippen LogP contribution in [0.15, 0.2) is 23.3 Å². The van der Waals surface area contributed by atoms with Gasteiger partial charge in [0, 0.05) is 43.4 Å². The molecule has 158 valence electrons. The first-order valence-corrected chi connectivity index (χ1v) is 10.2. The number of ether oxygens (including phenoxy) is 2. The van der Waals surface area contributed by atoms with Crippen molar-refractivity contribution in [1.29, 1.82) is 0 Å². The molecule has 0 aliphatic carbocycles. The van der Waals surface area contributed by atoms with Gasteiger partial charge in [0.1, 0.15) is 24.1 Å². The second-order valence-corrected chi connectivity index (χ2v) is 8.02. The van der Waals surface area contributed by atoms with Gasteiger partial charge < -0.3 is 35.6 Å². The Kier molecular flexibility index (Phi) is 6.08. The molecule has 2 aromatic heterocycles. The van der Waals surface area contributed by atoms with E-state index in [-0.39, 0.29) is 5.82 Å². The predicted octanol–water partition coefficient (Wildman–Crippen LogP) is -1.47. The molecular formula is C17H24N6O5S. The summed E-state index contributed by atoms with van der Waals surface area (Å²) in [6.45, 7) is 3.94. The fraction of sp³-hybridized carbons (Fsp3) is 0.588. The first kappa shape index (κ1) is 20.2. The summed E-state index contributed by atoms with van der Waals surface area (Å²) in [5.74, 6) is 0.0820. The summed E-state index contributed by atoms with van der Waals surface area (Å²) < 4.78 is 12.2. The quantitative estimate of drug-likeness (QED) is 0.433. The summed E-state index contributed by atoms with van der Waals surface area (Å²) in [6.07, 6.45) is -0.861. The molecule has 29 heavy (non-hydrogen) atoms. The average molecular weight is 424 g/mol. The summed E-state index contributed by atoms with van der Waals surface area (Å²) in [7, 11) is 0. The van der Waals surface area contributed by atoms with Crippen LogP contribution in [0.4, 0.5) is 10.9 Å². The largest absolute Gasteiger partial charge is 0.387 e. The van der Waals surface area contributed by atoms with Gasteiger partial charge in [-0.25, -0.2) is 9.78 Å². The van der Waals surface area contributed by atoms with Crippen molar-refractivity contribution in [3.05, 3.63) is 33.8 Å². The Labute approximate surface area is 170 Å². The highest BCUT2D eigenvalue weighted by Crippen LogP contribution is 2.28. The number of nitrogens with two attached hydrogens (primary N) is 1. The molecule has 2 aliphatic heterocycles. The second-order valence-electron chi connectivity index (χ2n) is 6.93. The maximum Gasteiger partial charge on any atom is 0.351 e. The lowest BCUT2D eigenvalue weighted by Gasteiger charge is -2.25. The molecule has 12 heteroatoms. The van der Waals surface area contributed by atoms with Gasteiger partial charge in [-0.05, 0) is 6.07 Å². The van der Waals surface area contributed by atoms with Gasteiger partial charge in [-0.15, -0.1) is 11.3 Å². The molecule has 0 aromatic carbocycles. The molecule has 0 bridgehead atoms. The molecule has 0 amide bonds. The Morgan fingerprint density at radius 1 is 1.31 bits per heavy atom. The van der Waals surface area contributed by atoms with Crippen molar-refractivity contribution < 1.29 is 19.7 Å². The van der Waals surface area contributed by atoms with Crippen LogP contribution in [0.5, 0.6) is 0 Å². The Balaban J connectivity index is 1.32. The predicted molar refractivity (Wildman–Crippen MR) is 106 cm³/mol. The van der Waals surface area contributed by atoms with Gasteiger partial charge >= 0.3 is 5.69 Å². The van der Waals surface area contributed by atoms with Crippen LogP contribution < -0.4 is 21.6 Å². The van der Waals surface area contributed by atoms with Crippen molar-refractivity contribution in [3.63, 3.8) is 0 Å². The van der Waals surface area contributed by atoms with Gasteiger partial charge in [-0.1, -0.05) is 0 Å². The summed E-state index contributed by atoms with van der Waals surface area (Å²) in [6, 6.07) is 1.44. The van der Waals surface area contributed by atoms with E-state index in [4.69, 9.17) is 15.2 Å². The number of rotatable bonds is 6. The van der Waals surface area contributed by atoms with E-state index in [1.165, 1.54) is 12.3 Å². The molecule has 2 aromatic rings. The molecule has 0 saturated carbocycles. The number of hydrogen-bond acceptors (Lipinski definition) is 11. The van der Waals surface area contributed by atoms with E-state index in [9.17, 15) is 15.0 Å². The fourth-order valence-corrected chi connectivity index (χ4v) is 4.30. The third-order valence-corrected chi connectivity index (χ3v) is 5.99. The van der Waals surface area contributed by atoms with Crippen molar-refractivity contribution in [3.8, 4) is 0 Å². The molecule has 4 heterocycles. The van der Waals surface area contributed by atoms with Crippen LogP contribution in [0.1, 0.15) is 11.1 Å². The van der Waals surface area contributed by atoms with Gasteiger partial charge in [0.2, 0.25) is 0 Å². The fourth-order valence-electron chi connectivity index (χ4n) is 3.36. The zero-order chi connectivity index (χ0) is 20.4. The number of nitrogens with zero attached hydrogens (tertiary/aromatic N) is 4. The highest BCUT2D eigenvalue weighted by Gasteiger charge is 2.43. The molecule has 2 aliphatic rings. The van der Waals surface area contributed by atoms with Gasteiger partial charge in [0.25, 0.3) is 0 Å². The van der Waals surface area contributed by atoms with Crippen LogP contribution in [0.25, 0.3) is 0 Å². The van der Waals surface area contributed by atoms with E-state index in [1.807, 2.05) is 6.20 Å². The molecule has 0 radical (unpaired) electrons. The number of nitrogen functional groups attached to an aromatic ring is 1. The molecule has 5 N–H and O–H groups in total. The smallest absolute Gasteiger partial charge is 0.351 e. The maximum atomic E-state index is 12.0. The van der Waals surface area contributed by atoms with E-state index in [0.717, 1.165) is 27.7 Å². The molecule has 0 unspecified atom stereocenters. The molecule has 4 atom stereocenters. The van der Waals surface area contributed by atoms with E-state index < -0.39 is 30.2 Å². The van der Waals surface area contributed by atoms with E-state index in [1.54, 1.807) is 11.3 Å². The molecule has 0 spiro atoms. The minimum atomic E-state index is -1.25. The monoisotopic (exact) mass is 424 g/mol. The Hall–Kier alpha value is -2.09. The first-order chi connectivity index (χ1) is 14.0. The second kappa shape index (κ2) is 8.73. The molecular weight excluding hydrogens is 400 g/mol. The standard InChI is InChI=1S/C17H24N6O5S/c18-12-1-2-23(16(26)21-12)15-14(25)13(24)11(28-15)9-19-7-10-8-20-17(29-10)22-3-5-27-6-4-22/h1-2,8,11,13-15,19,24-25H,3-7,9H2,(H2,18,21,26)/t11-,13-,14-,15-/m1/s1. The number of thiazole rings is 1. The highest BCUT2D eigenvalue weighted by atomic mass is 32.1. The number of aromatic nitrogens is 3. The minimum Gasteiger partial charge on any atom is -0.387 e. The third-order valence-electron chi connectivity index (χ3n) is 4.93. The van der Waals surface area contributed by atoms with Gasteiger partial charge in [0.15, 0.2) is 11.4 Å². The summed E-state index contributed by atoms with van der Waals surface area (Å²) in [4.78, 5) is 23.3. The normalized spacial score (nSPS) is 27.4. The molecule has 4 rings (SSSR count). The van der Waals surface area contributed by atoms with Crippen LogP contribution in [-0.4, -0.2) is 75.9 Å². The number of anilines is 2. The Morgan fingerprint density at radius 2 is 2.10 bits per heavy atom. The van der Waals surface area contributed by atoms with Crippen LogP contribution in [-0.2, 0) is 16.0 Å². The summed E-state index contributed by atoms with van der Waals surface area (Å²) >= 11 is 1.60. The van der Waals surface area contributed by atoms with E-state index in [0.29, 0.717) is 26.3 Å². The van der Waals surface area contributed by atoms with Crippen molar-refractivity contribution in [2.75, 3.05) is 43.5 Å². The van der Waals surface area contributed by atoms with E-state index in [2.05, 4.69) is 20.2 Å². The van der Waals surface area contributed by atoms with Crippen LogP contribution in [0.2, 0.25) is 0 Å². The SMILES string of the molecule is Nc1ccn([C@@H]2O[C@H](CNCc3cnc(N4CCOCC4)s3)[C@@H](O)[C@H]2O)c(=O)n1. The van der Waals surface area contributed by atoms with Crippen LogP contribution >= 0.6 is 11.3 Å². The Morgan fingerprint density at radius 3 is 2.86 bits per heavy atom. The zero-order valence-electron chi connectivity index (χ0n) is 15.7. The van der Waals surface area contributed by atoms with Crippen molar-refractivity contribution >= 4 is 22.3 Å². The van der Waals surface area contributed by atoms with Crippen molar-refractivity contribution in [2.45, 2.75) is 31.1 Å². The number of aliphatic hydroxyl groups is 2. The first-order valence-electron chi connectivity index (χ1n) is 9.37. The van der Waals surface area contributed by atoms with Gasteiger partial charge in [-0.3, -0.25) is 4.57 Å². The zero-order valence-corrected chi connectivity index (χ0v) is 16.5. The topological polar surface area (TPSA) is 148 Å². The minimum absolute atomic E-state index is 0.0820. The van der Waals surface area contributed by atoms with Crippen LogP contribution in [0.3, 0.4) is 0 Å². The molecule has 11 nitrogen and oxygen atoms in total. The maximum absolute atomic E-state index is 12.0. The van der Waals surface area contributed by atoms with Crippen molar-refractivity contribution in [1.82, 2.24) is 19.9 Å². The molecule has 2 fully saturated rings. The lowest BCUT2D eigenvalue weighted by molar-refractivity contribution is -0.0390. The number of hydrogen-bond donors (Lipinski definition) is 4. The Bertz CT molecular complexity index is 885. The lowest BCUT2D eigenvalue weighted by Crippen LogP contribution is -2.38. The summed E-state index contributed by atoms with van der Waals surface area (Å²) in [5, 5.41) is 24.8. The summed E-state index contributed by atoms with van der Waals surface area (Å²) in [5.41, 5.74) is 4.84. The highest BCUT2D eigenvalue weighted by molar-refractivity contribution is 7.15. The van der Waals surface area contributed by atoms with Crippen LogP contribution in [0, 0.1) is 0 Å². The number of morpholine rings is 1. The van der Waals surface area contributed by atoms with Gasteiger partial charge in [0.05, 0.1) is 13.2 Å². The third kappa shape index (κ3) is 4.42. The van der Waals surface area contributed by atoms with Gasteiger partial charge in [-0.2, -0.15) is 4.98 Å². The van der Waals surface area contributed by atoms with E-state index >= 15 is 0 Å². The molecule has 2 saturated heterocycles. The number of aliphatic hydroxyl groups excluding tert-OH is 2. The lowest BCUT2D eigenvalue weighted by atomic mass is 10.1. The number of nitrogens with one attached hydrogen (secondary N) is 1. The van der Waals surface area contributed by atoms with Crippen molar-refractivity contribution in [2.24, 2.45) is 0 Å². The average Bonchev–Trinajstić information content (AvgIpc) is 3.29.